The van der Waals surface area contributed by atoms with Crippen LogP contribution >= 0.6 is 11.6 Å². The van der Waals surface area contributed by atoms with Gasteiger partial charge >= 0.3 is 5.97 Å². The molecule has 0 amide bonds. The van der Waals surface area contributed by atoms with Crippen molar-refractivity contribution in [2.45, 2.75) is 58.2 Å². The molecule has 6 nitrogen and oxygen atoms in total. The molecule has 2 heterocycles. The normalized spacial score (nSPS) is 17.7. The molecule has 0 unspecified atom stereocenters. The topological polar surface area (TPSA) is 64.6 Å². The van der Waals surface area contributed by atoms with Crippen molar-refractivity contribution < 1.29 is 18.7 Å². The third kappa shape index (κ3) is 6.05. The molecular formula is C22H27ClFN3O3. The van der Waals surface area contributed by atoms with Gasteiger partial charge in [-0.2, -0.15) is 4.98 Å². The first-order valence-electron chi connectivity index (χ1n) is 10.0. The summed E-state index contributed by atoms with van der Waals surface area (Å²) in [7, 11) is 0. The Morgan fingerprint density at radius 2 is 2.03 bits per heavy atom. The van der Waals surface area contributed by atoms with Crippen molar-refractivity contribution >= 4 is 23.4 Å². The average Bonchev–Trinajstić information content (AvgIpc) is 3.11. The van der Waals surface area contributed by atoms with Crippen LogP contribution in [0.5, 0.6) is 5.75 Å². The Balaban J connectivity index is 1.55. The average molecular weight is 436 g/mol. The molecule has 2 atom stereocenters. The monoisotopic (exact) mass is 435 g/mol. The van der Waals surface area contributed by atoms with E-state index < -0.39 is 11.4 Å². The summed E-state index contributed by atoms with van der Waals surface area (Å²) in [6.45, 7) is 8.72. The van der Waals surface area contributed by atoms with Gasteiger partial charge in [-0.1, -0.05) is 19.1 Å². The minimum atomic E-state index is -0.497. The number of hydrogen-bond donors (Lipinski definition) is 0. The molecule has 0 N–H and O–H groups in total. The predicted octanol–water partition coefficient (Wildman–Crippen LogP) is 4.76. The number of carbonyl (C=O) groups excluding carboxylic acids is 1. The molecule has 30 heavy (non-hydrogen) atoms. The molecule has 162 valence electrons. The second kappa shape index (κ2) is 9.16. The zero-order valence-electron chi connectivity index (χ0n) is 17.7. The van der Waals surface area contributed by atoms with E-state index >= 15 is 0 Å². The standard InChI is InChI=1S/C22H27ClFN3O3/c1-14(11-19(28)30-22(2,3)4)15-5-7-16(8-6-15)29-17-9-10-27(13-17)20-18(24)12-25-21(23)26-20/h5-8,12,14,17H,9-11,13H2,1-4H3/t14-,17-/m1/s1. The van der Waals surface area contributed by atoms with Gasteiger partial charge in [-0.15, -0.1) is 0 Å². The highest BCUT2D eigenvalue weighted by Crippen LogP contribution is 2.27. The smallest absolute Gasteiger partial charge is 0.306 e. The molecule has 1 aromatic carbocycles. The number of halogens is 2. The van der Waals surface area contributed by atoms with Gasteiger partial charge in [0.1, 0.15) is 17.5 Å². The lowest BCUT2D eigenvalue weighted by atomic mass is 9.98. The Labute approximate surface area is 181 Å². The van der Waals surface area contributed by atoms with E-state index in [-0.39, 0.29) is 29.1 Å². The molecule has 0 aliphatic carbocycles. The maximum absolute atomic E-state index is 14.0. The second-order valence-electron chi connectivity index (χ2n) is 8.55. The van der Waals surface area contributed by atoms with Crippen molar-refractivity contribution in [3.8, 4) is 5.75 Å². The Hall–Kier alpha value is -2.41. The van der Waals surface area contributed by atoms with Gasteiger partial charge in [0.2, 0.25) is 5.28 Å². The molecule has 1 fully saturated rings. The van der Waals surface area contributed by atoms with Crippen LogP contribution in [0.1, 0.15) is 52.0 Å². The highest BCUT2D eigenvalue weighted by molar-refractivity contribution is 6.28. The van der Waals surface area contributed by atoms with E-state index in [2.05, 4.69) is 9.97 Å². The van der Waals surface area contributed by atoms with E-state index in [1.165, 1.54) is 0 Å². The van der Waals surface area contributed by atoms with Crippen LogP contribution in [0.2, 0.25) is 5.28 Å². The molecule has 1 aliphatic rings. The van der Waals surface area contributed by atoms with Crippen molar-refractivity contribution in [2.24, 2.45) is 0 Å². The molecular weight excluding hydrogens is 409 g/mol. The summed E-state index contributed by atoms with van der Waals surface area (Å²) < 4.78 is 25.4. The van der Waals surface area contributed by atoms with E-state index in [1.54, 1.807) is 0 Å². The van der Waals surface area contributed by atoms with Crippen LogP contribution in [0.3, 0.4) is 0 Å². The van der Waals surface area contributed by atoms with Gasteiger partial charge in [0.25, 0.3) is 0 Å². The van der Waals surface area contributed by atoms with Crippen LogP contribution in [0.25, 0.3) is 0 Å². The SMILES string of the molecule is C[C@H](CC(=O)OC(C)(C)C)c1ccc(O[C@@H]2CCN(c3nc(Cl)ncc3F)C2)cc1. The molecule has 0 spiro atoms. The summed E-state index contributed by atoms with van der Waals surface area (Å²) in [5.74, 6) is 0.270. The van der Waals surface area contributed by atoms with Crippen molar-refractivity contribution in [2.75, 3.05) is 18.0 Å². The minimum absolute atomic E-state index is 0.0202. The van der Waals surface area contributed by atoms with Gasteiger partial charge in [0.05, 0.1) is 19.2 Å². The molecule has 1 aliphatic heterocycles. The van der Waals surface area contributed by atoms with Crippen LogP contribution < -0.4 is 9.64 Å². The number of aromatic nitrogens is 2. The van der Waals surface area contributed by atoms with Gasteiger partial charge in [-0.25, -0.2) is 9.37 Å². The lowest BCUT2D eigenvalue weighted by Gasteiger charge is -2.21. The highest BCUT2D eigenvalue weighted by atomic mass is 35.5. The number of anilines is 1. The maximum Gasteiger partial charge on any atom is 0.306 e. The number of rotatable bonds is 6. The van der Waals surface area contributed by atoms with Crippen molar-refractivity contribution in [3.63, 3.8) is 0 Å². The summed E-state index contributed by atoms with van der Waals surface area (Å²) in [4.78, 5) is 21.5. The first-order valence-corrected chi connectivity index (χ1v) is 10.4. The third-order valence-corrected chi connectivity index (χ3v) is 4.97. The molecule has 1 aromatic heterocycles. The summed E-state index contributed by atoms with van der Waals surface area (Å²) in [6, 6.07) is 7.71. The predicted molar refractivity (Wildman–Crippen MR) is 114 cm³/mol. The first kappa shape index (κ1) is 22.3. The molecule has 0 radical (unpaired) electrons. The number of esters is 1. The Bertz CT molecular complexity index is 886. The zero-order chi connectivity index (χ0) is 21.9. The highest BCUT2D eigenvalue weighted by Gasteiger charge is 2.27. The molecule has 3 rings (SSSR count). The number of hydrogen-bond acceptors (Lipinski definition) is 6. The second-order valence-corrected chi connectivity index (χ2v) is 8.88. The Morgan fingerprint density at radius 3 is 2.70 bits per heavy atom. The van der Waals surface area contributed by atoms with Gasteiger partial charge in [-0.05, 0) is 56.0 Å². The fourth-order valence-electron chi connectivity index (χ4n) is 3.39. The molecule has 1 saturated heterocycles. The van der Waals surface area contributed by atoms with Crippen molar-refractivity contribution in [1.82, 2.24) is 9.97 Å². The fraction of sp³-hybridized carbons (Fsp3) is 0.500. The zero-order valence-corrected chi connectivity index (χ0v) is 18.4. The van der Waals surface area contributed by atoms with Crippen LogP contribution in [0, 0.1) is 5.82 Å². The summed E-state index contributed by atoms with van der Waals surface area (Å²) in [6.07, 6.45) is 2.07. The first-order chi connectivity index (χ1) is 14.1. The van der Waals surface area contributed by atoms with E-state index in [4.69, 9.17) is 21.1 Å². The third-order valence-electron chi connectivity index (χ3n) is 4.79. The van der Waals surface area contributed by atoms with Crippen LogP contribution in [-0.4, -0.2) is 40.7 Å². The minimum Gasteiger partial charge on any atom is -0.489 e. The van der Waals surface area contributed by atoms with Crippen molar-refractivity contribution in [3.05, 3.63) is 47.1 Å². The van der Waals surface area contributed by atoms with Gasteiger partial charge in [-0.3, -0.25) is 4.79 Å². The largest absolute Gasteiger partial charge is 0.489 e. The van der Waals surface area contributed by atoms with E-state index in [0.717, 1.165) is 23.9 Å². The fourth-order valence-corrected chi connectivity index (χ4v) is 3.52. The molecule has 8 heteroatoms. The summed E-state index contributed by atoms with van der Waals surface area (Å²) in [5.41, 5.74) is 0.558. The summed E-state index contributed by atoms with van der Waals surface area (Å²) >= 11 is 5.79. The van der Waals surface area contributed by atoms with Gasteiger partial charge < -0.3 is 14.4 Å². The van der Waals surface area contributed by atoms with E-state index in [9.17, 15) is 9.18 Å². The lowest BCUT2D eigenvalue weighted by molar-refractivity contribution is -0.155. The van der Waals surface area contributed by atoms with E-state index in [1.807, 2.05) is 56.9 Å². The number of nitrogens with zero attached hydrogens (tertiary/aromatic N) is 3. The Morgan fingerprint density at radius 1 is 1.33 bits per heavy atom. The Kier molecular flexibility index (Phi) is 6.81. The quantitative estimate of drug-likeness (QED) is 0.481. The molecule has 0 saturated carbocycles. The summed E-state index contributed by atoms with van der Waals surface area (Å²) in [5, 5.41) is 0.0202. The van der Waals surface area contributed by atoms with Crippen LogP contribution in [-0.2, 0) is 9.53 Å². The molecule has 2 aromatic rings. The van der Waals surface area contributed by atoms with Gasteiger partial charge in [0, 0.05) is 13.0 Å². The molecule has 0 bridgehead atoms. The van der Waals surface area contributed by atoms with Crippen LogP contribution in [0.4, 0.5) is 10.2 Å². The van der Waals surface area contributed by atoms with Crippen molar-refractivity contribution in [1.29, 1.82) is 0 Å². The number of ether oxygens (including phenoxy) is 2. The number of benzene rings is 1. The lowest BCUT2D eigenvalue weighted by Crippen LogP contribution is -2.26. The van der Waals surface area contributed by atoms with Gasteiger partial charge in [0.15, 0.2) is 11.6 Å². The van der Waals surface area contributed by atoms with E-state index in [0.29, 0.717) is 19.5 Å². The maximum atomic E-state index is 14.0. The number of carbonyl (C=O) groups is 1. The van der Waals surface area contributed by atoms with Crippen LogP contribution in [0.15, 0.2) is 30.5 Å².